The molecule has 0 atom stereocenters. The Hall–Kier alpha value is 2.71. The van der Waals surface area contributed by atoms with Crippen LogP contribution in [0.25, 0.3) is 0 Å². The molecule has 12 valence electrons. The summed E-state index contributed by atoms with van der Waals surface area (Å²) in [5.41, 5.74) is 0. The summed E-state index contributed by atoms with van der Waals surface area (Å²) in [4.78, 5) is 0. The van der Waals surface area contributed by atoms with Crippen molar-refractivity contribution < 1.29 is 19.5 Å². The van der Waals surface area contributed by atoms with Crippen molar-refractivity contribution in [2.24, 2.45) is 0 Å². The minimum Gasteiger partial charge on any atom is -2.00 e. The largest absolute Gasteiger partial charge is 3.00 e. The summed E-state index contributed by atoms with van der Waals surface area (Å²) >= 11 is 0. The van der Waals surface area contributed by atoms with E-state index in [2.05, 4.69) is 0 Å². The second-order valence-electron chi connectivity index (χ2n) is 0. The molecule has 0 unspecified atom stereocenters. The smallest absolute Gasteiger partial charge is 2.00 e. The summed E-state index contributed by atoms with van der Waals surface area (Å²) in [6.07, 6.45) is 0. The average Bonchev–Trinajstić information content (AvgIpc) is 0. The minimum atomic E-state index is 0. The van der Waals surface area contributed by atoms with Crippen LogP contribution in [0.2, 0.25) is 0 Å². The molecule has 4 heteroatoms. The second-order valence-corrected chi connectivity index (χ2v) is 0. The van der Waals surface area contributed by atoms with Crippen molar-refractivity contribution >= 4 is 65.2 Å². The van der Waals surface area contributed by atoms with E-state index in [-0.39, 0.29) is 84.7 Å². The average molecular weight is 426 g/mol. The molecule has 0 amide bonds. The number of hydrogen-bond donors (Lipinski definition) is 0. The van der Waals surface area contributed by atoms with Crippen LogP contribution in [0.4, 0.5) is 0 Å². The van der Waals surface area contributed by atoms with Crippen LogP contribution in [0, 0.1) is 0 Å². The summed E-state index contributed by atoms with van der Waals surface area (Å²) in [5, 5.41) is 0. The van der Waals surface area contributed by atoms with E-state index in [0.717, 1.165) is 0 Å². The zero-order chi connectivity index (χ0) is 0. The van der Waals surface area contributed by atoms with E-state index in [0.29, 0.717) is 0 Å². The summed E-state index contributed by atoms with van der Waals surface area (Å²) in [7, 11) is 0. The quantitative estimate of drug-likeness (QED) is 0.447. The topological polar surface area (TPSA) is 0 Å². The summed E-state index contributed by atoms with van der Waals surface area (Å²) < 4.78 is 0. The van der Waals surface area contributed by atoms with Gasteiger partial charge in [-0.3, -0.25) is 0 Å². The normalized spacial score (nSPS) is 0. The van der Waals surface area contributed by atoms with Crippen LogP contribution >= 0.6 is 0 Å². The second kappa shape index (κ2) is 17.2. The first-order chi connectivity index (χ1) is 0. The summed E-state index contributed by atoms with van der Waals surface area (Å²) in [6.45, 7) is 0. The molecule has 0 rings (SSSR count). The molecular formula is PbSSbZn+5. The molecule has 0 nitrogen and oxygen atoms in total. The van der Waals surface area contributed by atoms with Gasteiger partial charge < -0.3 is 13.5 Å². The predicted molar refractivity (Wildman–Crippen MR) is 18.9 cm³/mol. The van der Waals surface area contributed by atoms with E-state index in [9.17, 15) is 0 Å². The van der Waals surface area contributed by atoms with E-state index < -0.39 is 0 Å². The van der Waals surface area contributed by atoms with Gasteiger partial charge in [-0.05, 0) is 0 Å². The molecule has 0 spiro atoms. The van der Waals surface area contributed by atoms with Gasteiger partial charge in [-0.2, -0.15) is 0 Å². The molecule has 4 heavy (non-hydrogen) atoms. The monoisotopic (exact) mass is 425 g/mol. The molecule has 0 aromatic rings. The van der Waals surface area contributed by atoms with Crippen LogP contribution in [0.1, 0.15) is 0 Å². The fraction of sp³-hybridized carbons (Fsp3) is 0. The van der Waals surface area contributed by atoms with Crippen molar-refractivity contribution in [3.8, 4) is 0 Å². The number of hydrogen-bond acceptors (Lipinski definition) is 0. The number of rotatable bonds is 0. The van der Waals surface area contributed by atoms with Gasteiger partial charge in [0.1, 0.15) is 0 Å². The molecule has 0 N–H and O–H groups in total. The van der Waals surface area contributed by atoms with Crippen LogP contribution in [0.5, 0.6) is 0 Å². The Balaban J connectivity index is 0. The Kier molecular flexibility index (Phi) is 128. The van der Waals surface area contributed by atoms with E-state index in [1.807, 2.05) is 0 Å². The third-order valence-electron chi connectivity index (χ3n) is 0. The molecule has 0 bridgehead atoms. The van der Waals surface area contributed by atoms with Gasteiger partial charge in [0.25, 0.3) is 0 Å². The fourth-order valence-electron chi connectivity index (χ4n) is 0. The van der Waals surface area contributed by atoms with Crippen LogP contribution < -0.4 is 0 Å². The van der Waals surface area contributed by atoms with E-state index >= 15 is 0 Å². The van der Waals surface area contributed by atoms with Crippen LogP contribution in [-0.2, 0) is 33.0 Å². The van der Waals surface area contributed by atoms with Gasteiger partial charge in [0.05, 0.1) is 0 Å². The fourth-order valence-corrected chi connectivity index (χ4v) is 0. The van der Waals surface area contributed by atoms with E-state index in [1.54, 1.807) is 0 Å². The van der Waals surface area contributed by atoms with E-state index in [1.165, 1.54) is 0 Å². The predicted octanol–water partition coefficient (Wildman–Crippen LogP) is -0.766. The Morgan fingerprint density at radius 1 is 1.00 bits per heavy atom. The van der Waals surface area contributed by atoms with Crippen molar-refractivity contribution in [2.75, 3.05) is 0 Å². The van der Waals surface area contributed by atoms with Gasteiger partial charge in [0.2, 0.25) is 0 Å². The van der Waals surface area contributed by atoms with Crippen LogP contribution in [-0.4, -0.2) is 51.7 Å². The van der Waals surface area contributed by atoms with Crippen LogP contribution in [0.3, 0.4) is 0 Å². The minimum absolute atomic E-state index is 0. The zero-order valence-electron chi connectivity index (χ0n) is 2.06. The molecule has 0 saturated heterocycles. The molecule has 0 aromatic heterocycles. The molecule has 0 aliphatic heterocycles. The first kappa shape index (κ1) is 29.8. The van der Waals surface area contributed by atoms with Crippen molar-refractivity contribution in [3.05, 3.63) is 0 Å². The Morgan fingerprint density at radius 2 is 1.00 bits per heavy atom. The zero-order valence-corrected chi connectivity index (χ0v) is 12.3. The Morgan fingerprint density at radius 3 is 1.00 bits per heavy atom. The summed E-state index contributed by atoms with van der Waals surface area (Å²) in [5.74, 6) is 0. The van der Waals surface area contributed by atoms with Crippen molar-refractivity contribution in [2.45, 2.75) is 0 Å². The van der Waals surface area contributed by atoms with Crippen molar-refractivity contribution in [1.82, 2.24) is 0 Å². The molecule has 0 fully saturated rings. The molecule has 4 radical (unpaired) electrons. The maximum absolute atomic E-state index is 0. The Labute approximate surface area is 83.3 Å². The van der Waals surface area contributed by atoms with Gasteiger partial charge in [0.15, 0.2) is 0 Å². The van der Waals surface area contributed by atoms with Crippen LogP contribution in [0.15, 0.2) is 0 Å². The molecule has 0 aromatic carbocycles. The van der Waals surface area contributed by atoms with Crippen molar-refractivity contribution in [1.29, 1.82) is 0 Å². The van der Waals surface area contributed by atoms with Gasteiger partial charge in [-0.15, -0.1) is 0 Å². The molecule has 0 heterocycles. The third kappa shape index (κ3) is 8.83. The molecule has 0 saturated carbocycles. The SMILES string of the molecule is [Pb+2].[S-2].[Sb+3].[Zn+2]. The third-order valence-corrected chi connectivity index (χ3v) is 0. The molecule has 0 aliphatic carbocycles. The first-order valence-electron chi connectivity index (χ1n) is 0. The summed E-state index contributed by atoms with van der Waals surface area (Å²) in [6, 6.07) is 0. The van der Waals surface area contributed by atoms with Gasteiger partial charge in [-0.25, -0.2) is 0 Å². The van der Waals surface area contributed by atoms with Gasteiger partial charge >= 0.3 is 71.2 Å². The first-order valence-corrected chi connectivity index (χ1v) is 0. The van der Waals surface area contributed by atoms with E-state index in [4.69, 9.17) is 0 Å². The van der Waals surface area contributed by atoms with Gasteiger partial charge in [0, 0.05) is 0 Å². The molecule has 0 aliphatic rings. The standard InChI is InChI=1S/Pb.S.Sb.Zn/q+2;-2;+3;+2. The molecular weight excluding hydrogens is 426 g/mol. The van der Waals surface area contributed by atoms with Gasteiger partial charge in [-0.1, -0.05) is 0 Å². The Bertz CT molecular complexity index is 8.00. The van der Waals surface area contributed by atoms with Crippen molar-refractivity contribution in [3.63, 3.8) is 0 Å². The maximum Gasteiger partial charge on any atom is 3.00 e. The maximum atomic E-state index is 0.